The molecule has 2 N–H and O–H groups in total. The van der Waals surface area contributed by atoms with Crippen LogP contribution in [-0.2, 0) is 9.53 Å². The van der Waals surface area contributed by atoms with Crippen LogP contribution in [0.15, 0.2) is 67.8 Å². The summed E-state index contributed by atoms with van der Waals surface area (Å²) in [6.45, 7) is 6.69. The van der Waals surface area contributed by atoms with Crippen molar-refractivity contribution >= 4 is 28.8 Å². The molecule has 9 nitrogen and oxygen atoms in total. The largest absolute Gasteiger partial charge is 0.465 e. The first kappa shape index (κ1) is 24.2. The number of esters is 1. The molecule has 1 amide bonds. The third-order valence-corrected chi connectivity index (χ3v) is 6.92. The summed E-state index contributed by atoms with van der Waals surface area (Å²) in [6.07, 6.45) is 0. The number of benzene rings is 1. The molecule has 2 aliphatic rings. The second-order valence-corrected chi connectivity index (χ2v) is 8.82. The van der Waals surface area contributed by atoms with Crippen LogP contribution in [0.3, 0.4) is 0 Å². The smallest absolute Gasteiger partial charge is 0.337 e. The van der Waals surface area contributed by atoms with Crippen LogP contribution in [-0.4, -0.2) is 47.0 Å². The second kappa shape index (κ2) is 9.72. The standard InChI is InChI=1S/C25H25N5O4S/c1-5-29(6-2)23(31)20-14(3)28-25-30(22(27)19(13-26)35-25)21(20)18-12-11-17(34-18)15-7-9-16(10-8-15)24(32)33-4/h7-12,21H,5-6,27H2,1-4H3/t21-/m0/s1. The van der Waals surface area contributed by atoms with Gasteiger partial charge in [0.2, 0.25) is 0 Å². The minimum absolute atomic E-state index is 0.163. The van der Waals surface area contributed by atoms with Gasteiger partial charge in [0.15, 0.2) is 5.17 Å². The van der Waals surface area contributed by atoms with Crippen LogP contribution in [0.25, 0.3) is 11.3 Å². The summed E-state index contributed by atoms with van der Waals surface area (Å²) in [5.74, 6) is 0.695. The monoisotopic (exact) mass is 491 g/mol. The number of carbonyl (C=O) groups is 2. The molecule has 0 bridgehead atoms. The van der Waals surface area contributed by atoms with Gasteiger partial charge in [-0.15, -0.1) is 0 Å². The number of hydrogen-bond donors (Lipinski definition) is 1. The van der Waals surface area contributed by atoms with E-state index in [-0.39, 0.29) is 11.7 Å². The number of hydrogen-bond acceptors (Lipinski definition) is 9. The summed E-state index contributed by atoms with van der Waals surface area (Å²) in [4.78, 5) is 33.6. The number of aliphatic imine (C=N–C) groups is 1. The van der Waals surface area contributed by atoms with Gasteiger partial charge in [0, 0.05) is 18.7 Å². The lowest BCUT2D eigenvalue weighted by molar-refractivity contribution is -0.127. The number of amidine groups is 1. The predicted molar refractivity (Wildman–Crippen MR) is 133 cm³/mol. The molecule has 4 rings (SSSR count). The number of methoxy groups -OCH3 is 1. The van der Waals surface area contributed by atoms with Crippen molar-refractivity contribution in [3.63, 3.8) is 0 Å². The minimum atomic E-state index is -0.683. The molecular formula is C25H25N5O4S. The summed E-state index contributed by atoms with van der Waals surface area (Å²) in [5, 5.41) is 10.1. The molecule has 2 aromatic rings. The Morgan fingerprint density at radius 3 is 2.51 bits per heavy atom. The van der Waals surface area contributed by atoms with Crippen molar-refractivity contribution < 1.29 is 18.7 Å². The number of thioether (sulfide) groups is 1. The van der Waals surface area contributed by atoms with Crippen LogP contribution in [0.1, 0.15) is 42.9 Å². The van der Waals surface area contributed by atoms with Gasteiger partial charge in [-0.3, -0.25) is 9.69 Å². The van der Waals surface area contributed by atoms with Crippen molar-refractivity contribution in [3.8, 4) is 17.4 Å². The Balaban J connectivity index is 1.79. The van der Waals surface area contributed by atoms with E-state index < -0.39 is 12.0 Å². The third kappa shape index (κ3) is 4.19. The third-order valence-electron chi connectivity index (χ3n) is 5.95. The molecule has 0 saturated heterocycles. The highest BCUT2D eigenvalue weighted by Crippen LogP contribution is 2.46. The van der Waals surface area contributed by atoms with E-state index >= 15 is 0 Å². The fourth-order valence-corrected chi connectivity index (χ4v) is 5.02. The molecule has 0 aliphatic carbocycles. The summed E-state index contributed by atoms with van der Waals surface area (Å²) in [5.41, 5.74) is 8.53. The van der Waals surface area contributed by atoms with Crippen LogP contribution in [0.5, 0.6) is 0 Å². The fourth-order valence-electron chi connectivity index (χ4n) is 4.11. The molecule has 0 saturated carbocycles. The summed E-state index contributed by atoms with van der Waals surface area (Å²) in [7, 11) is 1.33. The Morgan fingerprint density at radius 2 is 1.91 bits per heavy atom. The van der Waals surface area contributed by atoms with Gasteiger partial charge in [-0.2, -0.15) is 5.26 Å². The number of nitrogens with two attached hydrogens (primary N) is 1. The number of fused-ring (bicyclic) bond motifs is 1. The number of ether oxygens (including phenoxy) is 1. The Hall–Kier alpha value is -3.97. The van der Waals surface area contributed by atoms with Gasteiger partial charge in [0.25, 0.3) is 5.91 Å². The van der Waals surface area contributed by atoms with E-state index in [1.165, 1.54) is 18.9 Å². The molecule has 35 heavy (non-hydrogen) atoms. The molecular weight excluding hydrogens is 466 g/mol. The summed E-state index contributed by atoms with van der Waals surface area (Å²) < 4.78 is 11.0. The van der Waals surface area contributed by atoms with Crippen LogP contribution in [0, 0.1) is 11.3 Å². The summed E-state index contributed by atoms with van der Waals surface area (Å²) in [6, 6.07) is 11.9. The van der Waals surface area contributed by atoms with Gasteiger partial charge in [-0.05, 0) is 56.8 Å². The highest BCUT2D eigenvalue weighted by molar-refractivity contribution is 8.17. The first-order chi connectivity index (χ1) is 16.8. The number of allylic oxidation sites excluding steroid dienone is 2. The quantitative estimate of drug-likeness (QED) is 0.602. The fraction of sp³-hybridized carbons (Fsp3) is 0.280. The maximum Gasteiger partial charge on any atom is 0.337 e. The lowest BCUT2D eigenvalue weighted by atomic mass is 9.98. The average Bonchev–Trinajstić information content (AvgIpc) is 3.48. The first-order valence-electron chi connectivity index (χ1n) is 11.1. The lowest BCUT2D eigenvalue weighted by Crippen LogP contribution is -2.42. The topological polar surface area (TPSA) is 125 Å². The van der Waals surface area contributed by atoms with Crippen molar-refractivity contribution in [1.29, 1.82) is 5.26 Å². The first-order valence-corrected chi connectivity index (χ1v) is 11.9. The highest BCUT2D eigenvalue weighted by atomic mass is 32.2. The number of rotatable bonds is 6. The molecule has 1 atom stereocenters. The average molecular weight is 492 g/mol. The van der Waals surface area contributed by atoms with Crippen LogP contribution < -0.4 is 5.73 Å². The van der Waals surface area contributed by atoms with Crippen molar-refractivity contribution in [1.82, 2.24) is 9.80 Å². The van der Waals surface area contributed by atoms with Gasteiger partial charge in [-0.25, -0.2) is 9.79 Å². The molecule has 10 heteroatoms. The lowest BCUT2D eigenvalue weighted by Gasteiger charge is -2.35. The van der Waals surface area contributed by atoms with Gasteiger partial charge >= 0.3 is 5.97 Å². The Bertz CT molecular complexity index is 1310. The zero-order valence-electron chi connectivity index (χ0n) is 19.9. The number of nitriles is 1. The zero-order chi connectivity index (χ0) is 25.3. The number of carbonyl (C=O) groups excluding carboxylic acids is 2. The van der Waals surface area contributed by atoms with Gasteiger partial charge < -0.3 is 19.8 Å². The molecule has 1 aromatic carbocycles. The maximum absolute atomic E-state index is 13.6. The van der Waals surface area contributed by atoms with E-state index in [0.717, 1.165) is 5.56 Å². The Morgan fingerprint density at radius 1 is 1.23 bits per heavy atom. The van der Waals surface area contributed by atoms with Crippen molar-refractivity contribution in [2.75, 3.05) is 20.2 Å². The molecule has 1 aromatic heterocycles. The van der Waals surface area contributed by atoms with Crippen LogP contribution in [0.2, 0.25) is 0 Å². The molecule has 2 aliphatic heterocycles. The SMILES string of the molecule is CCN(CC)C(=O)C1=C(C)N=C2SC(C#N)=C(N)N2[C@H]1c1ccc(-c2ccc(C(=O)OC)cc2)o1. The van der Waals surface area contributed by atoms with E-state index in [4.69, 9.17) is 14.9 Å². The minimum Gasteiger partial charge on any atom is -0.465 e. The van der Waals surface area contributed by atoms with E-state index in [0.29, 0.717) is 51.5 Å². The molecule has 3 heterocycles. The number of likely N-dealkylation sites (N-methyl/N-ethyl adjacent to an activating group) is 1. The van der Waals surface area contributed by atoms with E-state index in [1.54, 1.807) is 53.1 Å². The van der Waals surface area contributed by atoms with E-state index in [2.05, 4.69) is 11.1 Å². The predicted octanol–water partition coefficient (Wildman–Crippen LogP) is 3.99. The van der Waals surface area contributed by atoms with Gasteiger partial charge in [-0.1, -0.05) is 12.1 Å². The van der Waals surface area contributed by atoms with E-state index in [9.17, 15) is 14.9 Å². The van der Waals surface area contributed by atoms with Crippen LogP contribution >= 0.6 is 11.8 Å². The van der Waals surface area contributed by atoms with Crippen molar-refractivity contribution in [3.05, 3.63) is 69.7 Å². The molecule has 0 fully saturated rings. The van der Waals surface area contributed by atoms with Gasteiger partial charge in [0.1, 0.15) is 34.4 Å². The normalized spacial score (nSPS) is 17.2. The molecule has 0 spiro atoms. The Kier molecular flexibility index (Phi) is 6.71. The number of nitrogens with zero attached hydrogens (tertiary/aromatic N) is 4. The molecule has 0 unspecified atom stereocenters. The second-order valence-electron chi connectivity index (χ2n) is 7.84. The zero-order valence-corrected chi connectivity index (χ0v) is 20.7. The van der Waals surface area contributed by atoms with Gasteiger partial charge in [0.05, 0.1) is 23.9 Å². The van der Waals surface area contributed by atoms with Crippen LogP contribution in [0.4, 0.5) is 0 Å². The Labute approximate surface area is 207 Å². The van der Waals surface area contributed by atoms with E-state index in [1.807, 2.05) is 13.8 Å². The maximum atomic E-state index is 13.6. The highest BCUT2D eigenvalue weighted by Gasteiger charge is 2.44. The molecule has 180 valence electrons. The summed E-state index contributed by atoms with van der Waals surface area (Å²) >= 11 is 1.17. The molecule has 0 radical (unpaired) electrons. The number of amides is 1. The van der Waals surface area contributed by atoms with Crippen molar-refractivity contribution in [2.45, 2.75) is 26.8 Å². The number of furan rings is 1. The van der Waals surface area contributed by atoms with Crippen molar-refractivity contribution in [2.24, 2.45) is 10.7 Å².